The fourth-order valence-corrected chi connectivity index (χ4v) is 3.84. The van der Waals surface area contributed by atoms with Gasteiger partial charge in [-0.2, -0.15) is 0 Å². The van der Waals surface area contributed by atoms with Gasteiger partial charge in [0.05, 0.1) is 6.10 Å². The van der Waals surface area contributed by atoms with E-state index in [1.165, 1.54) is 24.0 Å². The van der Waals surface area contributed by atoms with E-state index in [1.807, 2.05) is 6.07 Å². The minimum Gasteiger partial charge on any atom is -0.399 e. The maximum Gasteiger partial charge on any atom is 0.0695 e. The SMILES string of the molecule is CN(C1CCc2cc(N)ccc21)C1CCCCC1O. The molecular weight excluding hydrogens is 236 g/mol. The summed E-state index contributed by atoms with van der Waals surface area (Å²) in [6.07, 6.45) is 6.60. The van der Waals surface area contributed by atoms with E-state index in [2.05, 4.69) is 24.1 Å². The van der Waals surface area contributed by atoms with E-state index in [9.17, 15) is 5.11 Å². The van der Waals surface area contributed by atoms with Crippen molar-refractivity contribution in [1.29, 1.82) is 0 Å². The predicted octanol–water partition coefficient (Wildman–Crippen LogP) is 2.49. The number of benzene rings is 1. The molecule has 1 aromatic carbocycles. The third-order valence-corrected chi connectivity index (χ3v) is 4.92. The Labute approximate surface area is 115 Å². The van der Waals surface area contributed by atoms with E-state index in [1.54, 1.807) is 0 Å². The maximum atomic E-state index is 10.2. The molecule has 0 heterocycles. The molecule has 1 fully saturated rings. The number of fused-ring (bicyclic) bond motifs is 1. The summed E-state index contributed by atoms with van der Waals surface area (Å²) in [5.74, 6) is 0. The minimum atomic E-state index is -0.156. The quantitative estimate of drug-likeness (QED) is 0.803. The van der Waals surface area contributed by atoms with E-state index in [0.29, 0.717) is 12.1 Å². The molecule has 0 aliphatic heterocycles. The summed E-state index contributed by atoms with van der Waals surface area (Å²) >= 11 is 0. The van der Waals surface area contributed by atoms with Gasteiger partial charge in [-0.1, -0.05) is 18.9 Å². The zero-order chi connectivity index (χ0) is 13.4. The molecule has 19 heavy (non-hydrogen) atoms. The van der Waals surface area contributed by atoms with E-state index in [0.717, 1.165) is 31.4 Å². The first-order valence-electron chi connectivity index (χ1n) is 7.45. The molecule has 0 amide bonds. The first-order valence-corrected chi connectivity index (χ1v) is 7.45. The number of hydrogen-bond donors (Lipinski definition) is 2. The molecule has 1 aromatic rings. The Balaban J connectivity index is 1.80. The topological polar surface area (TPSA) is 49.5 Å². The Morgan fingerprint density at radius 3 is 2.79 bits per heavy atom. The van der Waals surface area contributed by atoms with Gasteiger partial charge in [0.2, 0.25) is 0 Å². The van der Waals surface area contributed by atoms with Crippen LogP contribution in [0.25, 0.3) is 0 Å². The van der Waals surface area contributed by atoms with Crippen molar-refractivity contribution in [2.24, 2.45) is 0 Å². The average molecular weight is 260 g/mol. The highest BCUT2D eigenvalue weighted by Crippen LogP contribution is 2.39. The summed E-state index contributed by atoms with van der Waals surface area (Å²) in [4.78, 5) is 2.41. The Kier molecular flexibility index (Phi) is 3.50. The summed E-state index contributed by atoms with van der Waals surface area (Å²) in [7, 11) is 2.18. The number of hydrogen-bond acceptors (Lipinski definition) is 3. The number of rotatable bonds is 2. The maximum absolute atomic E-state index is 10.2. The highest BCUT2D eigenvalue weighted by molar-refractivity contribution is 5.47. The van der Waals surface area contributed by atoms with Crippen LogP contribution in [0.5, 0.6) is 0 Å². The smallest absolute Gasteiger partial charge is 0.0695 e. The van der Waals surface area contributed by atoms with E-state index in [-0.39, 0.29) is 6.10 Å². The van der Waals surface area contributed by atoms with Crippen LogP contribution in [0.4, 0.5) is 5.69 Å². The molecule has 0 spiro atoms. The van der Waals surface area contributed by atoms with Crippen LogP contribution in [0, 0.1) is 0 Å². The summed E-state index contributed by atoms with van der Waals surface area (Å²) in [5, 5.41) is 10.2. The summed E-state index contributed by atoms with van der Waals surface area (Å²) in [6, 6.07) is 7.06. The summed E-state index contributed by atoms with van der Waals surface area (Å²) in [6.45, 7) is 0. The first-order chi connectivity index (χ1) is 9.16. The van der Waals surface area contributed by atoms with Crippen molar-refractivity contribution in [1.82, 2.24) is 4.90 Å². The normalized spacial score (nSPS) is 30.6. The average Bonchev–Trinajstić information content (AvgIpc) is 2.81. The van der Waals surface area contributed by atoms with Gasteiger partial charge in [0.25, 0.3) is 0 Å². The van der Waals surface area contributed by atoms with Gasteiger partial charge in [-0.3, -0.25) is 4.90 Å². The molecule has 3 atom stereocenters. The molecule has 0 saturated heterocycles. The lowest BCUT2D eigenvalue weighted by Gasteiger charge is -2.39. The number of aryl methyl sites for hydroxylation is 1. The summed E-state index contributed by atoms with van der Waals surface area (Å²) < 4.78 is 0. The van der Waals surface area contributed by atoms with Crippen LogP contribution < -0.4 is 5.73 Å². The van der Waals surface area contributed by atoms with E-state index >= 15 is 0 Å². The molecule has 1 saturated carbocycles. The molecule has 104 valence electrons. The third kappa shape index (κ3) is 2.37. The molecule has 3 rings (SSSR count). The number of anilines is 1. The Morgan fingerprint density at radius 1 is 1.21 bits per heavy atom. The van der Waals surface area contributed by atoms with Crippen molar-refractivity contribution in [3.05, 3.63) is 29.3 Å². The molecule has 3 unspecified atom stereocenters. The molecule has 3 heteroatoms. The lowest BCUT2D eigenvalue weighted by molar-refractivity contribution is 0.0124. The predicted molar refractivity (Wildman–Crippen MR) is 77.9 cm³/mol. The standard InChI is InChI=1S/C16H24N2O/c1-18(15-4-2-3-5-16(15)19)14-9-6-11-10-12(17)7-8-13(11)14/h7-8,10,14-16,19H,2-6,9,17H2,1H3. The molecular formula is C16H24N2O. The van der Waals surface area contributed by atoms with Gasteiger partial charge in [-0.25, -0.2) is 0 Å². The molecule has 0 bridgehead atoms. The number of aliphatic hydroxyl groups is 1. The Hall–Kier alpha value is -1.06. The largest absolute Gasteiger partial charge is 0.399 e. The van der Waals surface area contributed by atoms with Gasteiger partial charge in [0.15, 0.2) is 0 Å². The lowest BCUT2D eigenvalue weighted by Crippen LogP contribution is -2.44. The van der Waals surface area contributed by atoms with Crippen molar-refractivity contribution in [2.75, 3.05) is 12.8 Å². The van der Waals surface area contributed by atoms with Gasteiger partial charge in [-0.15, -0.1) is 0 Å². The second-order valence-electron chi connectivity index (χ2n) is 6.10. The molecule has 0 aromatic heterocycles. The first kappa shape index (κ1) is 12.9. The van der Waals surface area contributed by atoms with Crippen molar-refractivity contribution in [2.45, 2.75) is 56.7 Å². The Morgan fingerprint density at radius 2 is 2.00 bits per heavy atom. The van der Waals surface area contributed by atoms with Crippen LogP contribution in [-0.2, 0) is 6.42 Å². The van der Waals surface area contributed by atoms with Crippen molar-refractivity contribution < 1.29 is 5.11 Å². The zero-order valence-corrected chi connectivity index (χ0v) is 11.7. The number of aliphatic hydroxyl groups excluding tert-OH is 1. The van der Waals surface area contributed by atoms with Crippen molar-refractivity contribution >= 4 is 5.69 Å². The molecule has 3 nitrogen and oxygen atoms in total. The van der Waals surface area contributed by atoms with Crippen molar-refractivity contribution in [3.63, 3.8) is 0 Å². The fourth-order valence-electron chi connectivity index (χ4n) is 3.84. The lowest BCUT2D eigenvalue weighted by atomic mass is 9.90. The highest BCUT2D eigenvalue weighted by Gasteiger charge is 2.34. The van der Waals surface area contributed by atoms with Gasteiger partial charge in [0.1, 0.15) is 0 Å². The van der Waals surface area contributed by atoms with Gasteiger partial charge < -0.3 is 10.8 Å². The fraction of sp³-hybridized carbons (Fsp3) is 0.625. The molecule has 2 aliphatic rings. The monoisotopic (exact) mass is 260 g/mol. The number of nitrogens with two attached hydrogens (primary N) is 1. The number of nitrogens with zero attached hydrogens (tertiary/aromatic N) is 1. The second-order valence-corrected chi connectivity index (χ2v) is 6.10. The van der Waals surface area contributed by atoms with Crippen LogP contribution in [-0.4, -0.2) is 29.2 Å². The van der Waals surface area contributed by atoms with Crippen LogP contribution in [0.1, 0.15) is 49.3 Å². The van der Waals surface area contributed by atoms with E-state index in [4.69, 9.17) is 5.73 Å². The third-order valence-electron chi connectivity index (χ3n) is 4.92. The van der Waals surface area contributed by atoms with E-state index < -0.39 is 0 Å². The van der Waals surface area contributed by atoms with Crippen LogP contribution >= 0.6 is 0 Å². The Bertz CT molecular complexity index is 460. The van der Waals surface area contributed by atoms with Crippen molar-refractivity contribution in [3.8, 4) is 0 Å². The molecule has 0 radical (unpaired) electrons. The summed E-state index contributed by atoms with van der Waals surface area (Å²) in [5.41, 5.74) is 9.53. The number of nitrogen functional groups attached to an aromatic ring is 1. The molecule has 3 N–H and O–H groups in total. The van der Waals surface area contributed by atoms with Gasteiger partial charge >= 0.3 is 0 Å². The van der Waals surface area contributed by atoms with Crippen LogP contribution in [0.15, 0.2) is 18.2 Å². The number of likely N-dealkylation sites (N-methyl/N-ethyl adjacent to an activating group) is 1. The van der Waals surface area contributed by atoms with Gasteiger partial charge in [-0.05, 0) is 56.0 Å². The zero-order valence-electron chi connectivity index (χ0n) is 11.7. The van der Waals surface area contributed by atoms with Crippen LogP contribution in [0.3, 0.4) is 0 Å². The van der Waals surface area contributed by atoms with Gasteiger partial charge in [0, 0.05) is 17.8 Å². The highest BCUT2D eigenvalue weighted by atomic mass is 16.3. The molecule has 2 aliphatic carbocycles. The second kappa shape index (κ2) is 5.14. The minimum absolute atomic E-state index is 0.156. The van der Waals surface area contributed by atoms with Crippen LogP contribution in [0.2, 0.25) is 0 Å².